The lowest BCUT2D eigenvalue weighted by Gasteiger charge is -2.30. The molecule has 1 N–H and O–H groups in total. The molecule has 0 aliphatic carbocycles. The molecule has 0 bridgehead atoms. The van der Waals surface area contributed by atoms with Crippen LogP contribution in [-0.2, 0) is 4.79 Å². The summed E-state index contributed by atoms with van der Waals surface area (Å²) >= 11 is 6.14. The molecule has 1 heterocycles. The van der Waals surface area contributed by atoms with Crippen LogP contribution in [-0.4, -0.2) is 29.9 Å². The molecule has 1 aromatic carbocycles. The summed E-state index contributed by atoms with van der Waals surface area (Å²) in [5.41, 5.74) is 1.96. The van der Waals surface area contributed by atoms with Crippen molar-refractivity contribution < 1.29 is 4.79 Å². The van der Waals surface area contributed by atoms with E-state index in [2.05, 4.69) is 5.32 Å². The van der Waals surface area contributed by atoms with Gasteiger partial charge >= 0.3 is 0 Å². The molecule has 2 rings (SSSR count). The second-order valence-corrected chi connectivity index (χ2v) is 5.64. The normalized spacial score (nSPS) is 17.1. The Hall–Kier alpha value is -1.22. The number of benzene rings is 1. The molecule has 1 saturated heterocycles. The van der Waals surface area contributed by atoms with Gasteiger partial charge in [0.1, 0.15) is 6.04 Å². The predicted molar refractivity (Wildman–Crippen MR) is 79.7 cm³/mol. The largest absolute Gasteiger partial charge is 0.373 e. The first-order valence-corrected chi connectivity index (χ1v) is 7.27. The third kappa shape index (κ3) is 3.63. The highest BCUT2D eigenvalue weighted by molar-refractivity contribution is 6.33. The van der Waals surface area contributed by atoms with Crippen LogP contribution in [0.4, 0.5) is 5.69 Å². The van der Waals surface area contributed by atoms with Gasteiger partial charge in [0.15, 0.2) is 0 Å². The second-order valence-electron chi connectivity index (χ2n) is 5.24. The molecule has 0 saturated carbocycles. The first kappa shape index (κ1) is 14.2. The van der Waals surface area contributed by atoms with E-state index in [1.807, 2.05) is 36.9 Å². The van der Waals surface area contributed by atoms with Gasteiger partial charge in [-0.3, -0.25) is 4.79 Å². The number of anilines is 1. The number of halogens is 1. The van der Waals surface area contributed by atoms with Crippen LogP contribution >= 0.6 is 11.6 Å². The number of amides is 1. The maximum absolute atomic E-state index is 12.3. The van der Waals surface area contributed by atoms with E-state index in [-0.39, 0.29) is 11.9 Å². The van der Waals surface area contributed by atoms with E-state index in [0.717, 1.165) is 37.2 Å². The van der Waals surface area contributed by atoms with Gasteiger partial charge in [0.25, 0.3) is 0 Å². The van der Waals surface area contributed by atoms with Crippen molar-refractivity contribution >= 4 is 23.2 Å². The topological polar surface area (TPSA) is 32.3 Å². The zero-order chi connectivity index (χ0) is 13.8. The maximum Gasteiger partial charge on any atom is 0.244 e. The van der Waals surface area contributed by atoms with Gasteiger partial charge in [-0.2, -0.15) is 0 Å². The third-order valence-corrected chi connectivity index (χ3v) is 3.86. The summed E-state index contributed by atoms with van der Waals surface area (Å²) in [5.74, 6) is 0.164. The fourth-order valence-corrected chi connectivity index (χ4v) is 2.60. The Morgan fingerprint density at radius 3 is 2.68 bits per heavy atom. The number of hydrogen-bond acceptors (Lipinski definition) is 2. The van der Waals surface area contributed by atoms with E-state index in [4.69, 9.17) is 11.6 Å². The molecule has 104 valence electrons. The van der Waals surface area contributed by atoms with Crippen LogP contribution in [0.1, 0.15) is 31.7 Å². The Balaban J connectivity index is 2.01. The van der Waals surface area contributed by atoms with Crippen molar-refractivity contribution in [1.29, 1.82) is 0 Å². The van der Waals surface area contributed by atoms with Crippen LogP contribution in [0.15, 0.2) is 18.2 Å². The molecule has 19 heavy (non-hydrogen) atoms. The van der Waals surface area contributed by atoms with Gasteiger partial charge in [-0.15, -0.1) is 0 Å². The number of nitrogens with one attached hydrogen (secondary N) is 1. The molecule has 4 heteroatoms. The van der Waals surface area contributed by atoms with Crippen molar-refractivity contribution in [3.8, 4) is 0 Å². The standard InChI is InChI=1S/C15H21ClN2O/c1-11-6-7-13(16)14(10-11)17-12(2)15(19)18-8-4-3-5-9-18/h6-7,10,12,17H,3-5,8-9H2,1-2H3. The number of aryl methyl sites for hydroxylation is 1. The molecule has 1 atom stereocenters. The van der Waals surface area contributed by atoms with E-state index >= 15 is 0 Å². The summed E-state index contributed by atoms with van der Waals surface area (Å²) in [4.78, 5) is 14.3. The number of likely N-dealkylation sites (tertiary alicyclic amines) is 1. The zero-order valence-electron chi connectivity index (χ0n) is 11.6. The maximum atomic E-state index is 12.3. The molecule has 1 aliphatic rings. The van der Waals surface area contributed by atoms with E-state index in [1.54, 1.807) is 0 Å². The van der Waals surface area contributed by atoms with Gasteiger partial charge in [0.05, 0.1) is 10.7 Å². The minimum atomic E-state index is -0.239. The van der Waals surface area contributed by atoms with Crippen molar-refractivity contribution in [2.45, 2.75) is 39.2 Å². The minimum Gasteiger partial charge on any atom is -0.373 e. The van der Waals surface area contributed by atoms with E-state index < -0.39 is 0 Å². The number of nitrogens with zero attached hydrogens (tertiary/aromatic N) is 1. The average Bonchev–Trinajstić information content (AvgIpc) is 2.43. The summed E-state index contributed by atoms with van der Waals surface area (Å²) in [6.07, 6.45) is 3.46. The van der Waals surface area contributed by atoms with Crippen LogP contribution in [0.2, 0.25) is 5.02 Å². The molecule has 1 aliphatic heterocycles. The molecule has 3 nitrogen and oxygen atoms in total. The van der Waals surface area contributed by atoms with E-state index in [9.17, 15) is 4.79 Å². The number of hydrogen-bond donors (Lipinski definition) is 1. The van der Waals surface area contributed by atoms with E-state index in [1.165, 1.54) is 6.42 Å². The number of carbonyl (C=O) groups excluding carboxylic acids is 1. The van der Waals surface area contributed by atoms with E-state index in [0.29, 0.717) is 5.02 Å². The van der Waals surface area contributed by atoms with Crippen molar-refractivity contribution in [3.63, 3.8) is 0 Å². The molecule has 0 radical (unpaired) electrons. The molecular formula is C15H21ClN2O. The van der Waals surface area contributed by atoms with Crippen molar-refractivity contribution in [2.75, 3.05) is 18.4 Å². The molecule has 0 aromatic heterocycles. The molecule has 0 spiro atoms. The molecule has 1 aromatic rings. The summed E-state index contributed by atoms with van der Waals surface area (Å²) < 4.78 is 0. The SMILES string of the molecule is Cc1ccc(Cl)c(NC(C)C(=O)N2CCCCC2)c1. The fourth-order valence-electron chi connectivity index (χ4n) is 2.43. The van der Waals surface area contributed by atoms with Gasteiger partial charge in [0.2, 0.25) is 5.91 Å². The number of piperidine rings is 1. The predicted octanol–water partition coefficient (Wildman–Crippen LogP) is 3.46. The monoisotopic (exact) mass is 280 g/mol. The van der Waals surface area contributed by atoms with Gasteiger partial charge in [-0.25, -0.2) is 0 Å². The summed E-state index contributed by atoms with van der Waals surface area (Å²) in [5, 5.41) is 3.88. The first-order chi connectivity index (χ1) is 9.08. The molecular weight excluding hydrogens is 260 g/mol. The Labute approximate surface area is 119 Å². The van der Waals surface area contributed by atoms with Gasteiger partial charge in [-0.1, -0.05) is 17.7 Å². The quantitative estimate of drug-likeness (QED) is 0.920. The fraction of sp³-hybridized carbons (Fsp3) is 0.533. The van der Waals surface area contributed by atoms with Gasteiger partial charge in [-0.05, 0) is 50.8 Å². The average molecular weight is 281 g/mol. The second kappa shape index (κ2) is 6.29. The zero-order valence-corrected chi connectivity index (χ0v) is 12.3. The number of rotatable bonds is 3. The lowest BCUT2D eigenvalue weighted by atomic mass is 10.1. The van der Waals surface area contributed by atoms with Crippen LogP contribution in [0.5, 0.6) is 0 Å². The summed E-state index contributed by atoms with van der Waals surface area (Å²) in [7, 11) is 0. The first-order valence-electron chi connectivity index (χ1n) is 6.89. The molecule has 1 amide bonds. The molecule has 1 unspecified atom stereocenters. The van der Waals surface area contributed by atoms with Crippen LogP contribution < -0.4 is 5.32 Å². The van der Waals surface area contributed by atoms with Crippen LogP contribution in [0, 0.1) is 6.92 Å². The molecule has 1 fully saturated rings. The van der Waals surface area contributed by atoms with Crippen LogP contribution in [0.25, 0.3) is 0 Å². The van der Waals surface area contributed by atoms with Gasteiger partial charge in [0, 0.05) is 13.1 Å². The smallest absolute Gasteiger partial charge is 0.244 e. The van der Waals surface area contributed by atoms with Gasteiger partial charge < -0.3 is 10.2 Å². The van der Waals surface area contributed by atoms with Crippen LogP contribution in [0.3, 0.4) is 0 Å². The van der Waals surface area contributed by atoms with Crippen molar-refractivity contribution in [3.05, 3.63) is 28.8 Å². The third-order valence-electron chi connectivity index (χ3n) is 3.53. The number of carbonyl (C=O) groups is 1. The highest BCUT2D eigenvalue weighted by Gasteiger charge is 2.22. The summed E-state index contributed by atoms with van der Waals surface area (Å²) in [6, 6.07) is 5.56. The Morgan fingerprint density at radius 2 is 2.00 bits per heavy atom. The minimum absolute atomic E-state index is 0.164. The van der Waals surface area contributed by atoms with Crippen molar-refractivity contribution in [2.24, 2.45) is 0 Å². The summed E-state index contributed by atoms with van der Waals surface area (Å²) in [6.45, 7) is 5.67. The Kier molecular flexibility index (Phi) is 4.70. The Morgan fingerprint density at radius 1 is 1.32 bits per heavy atom. The van der Waals surface area contributed by atoms with Crippen molar-refractivity contribution in [1.82, 2.24) is 4.90 Å². The lowest BCUT2D eigenvalue weighted by molar-refractivity contribution is -0.132. The highest BCUT2D eigenvalue weighted by Crippen LogP contribution is 2.24. The lowest BCUT2D eigenvalue weighted by Crippen LogP contribution is -2.43. The highest BCUT2D eigenvalue weighted by atomic mass is 35.5. The Bertz CT molecular complexity index is 455.